The molecule has 0 bridgehead atoms. The Kier molecular flexibility index (Phi) is 5.84. The fourth-order valence-electron chi connectivity index (χ4n) is 2.66. The molecule has 0 aromatic heterocycles. The van der Waals surface area contributed by atoms with E-state index in [9.17, 15) is 14.7 Å². The van der Waals surface area contributed by atoms with Crippen molar-refractivity contribution in [1.82, 2.24) is 5.32 Å². The van der Waals surface area contributed by atoms with Crippen LogP contribution >= 0.6 is 0 Å². The molecule has 3 aromatic rings. The first-order valence-corrected chi connectivity index (χ1v) is 8.61. The minimum absolute atomic E-state index is 0.117. The quantitative estimate of drug-likeness (QED) is 0.590. The summed E-state index contributed by atoms with van der Waals surface area (Å²) in [7, 11) is 0. The van der Waals surface area contributed by atoms with E-state index in [0.717, 1.165) is 5.56 Å². The first-order chi connectivity index (χ1) is 13.1. The van der Waals surface area contributed by atoms with Crippen LogP contribution in [-0.2, 0) is 11.2 Å². The second kappa shape index (κ2) is 8.67. The Morgan fingerprint density at radius 3 is 2.04 bits per heavy atom. The van der Waals surface area contributed by atoms with Gasteiger partial charge >= 0.3 is 0 Å². The van der Waals surface area contributed by atoms with Gasteiger partial charge in [0.1, 0.15) is 11.8 Å². The maximum absolute atomic E-state index is 12.8. The molecule has 27 heavy (non-hydrogen) atoms. The molecule has 0 spiro atoms. The molecule has 2 amide bonds. The molecule has 1 atom stereocenters. The third-order valence-electron chi connectivity index (χ3n) is 4.08. The van der Waals surface area contributed by atoms with E-state index in [1.165, 1.54) is 12.1 Å². The molecule has 3 rings (SSSR count). The van der Waals surface area contributed by atoms with Gasteiger partial charge in [-0.15, -0.1) is 0 Å². The first kappa shape index (κ1) is 18.2. The summed E-state index contributed by atoms with van der Waals surface area (Å²) in [6.07, 6.45) is 0.364. The lowest BCUT2D eigenvalue weighted by Gasteiger charge is -2.19. The lowest BCUT2D eigenvalue weighted by Crippen LogP contribution is -2.45. The van der Waals surface area contributed by atoms with E-state index in [0.29, 0.717) is 17.7 Å². The predicted octanol–water partition coefficient (Wildman–Crippen LogP) is 3.37. The van der Waals surface area contributed by atoms with Crippen LogP contribution in [-0.4, -0.2) is 23.0 Å². The number of benzene rings is 3. The van der Waals surface area contributed by atoms with Crippen molar-refractivity contribution in [3.63, 3.8) is 0 Å². The Labute approximate surface area is 157 Å². The predicted molar refractivity (Wildman–Crippen MR) is 105 cm³/mol. The lowest BCUT2D eigenvalue weighted by molar-refractivity contribution is -0.118. The molecule has 136 valence electrons. The zero-order valence-corrected chi connectivity index (χ0v) is 14.6. The molecule has 3 aromatic carbocycles. The number of hydrogen-bond acceptors (Lipinski definition) is 3. The van der Waals surface area contributed by atoms with Gasteiger partial charge in [-0.25, -0.2) is 0 Å². The second-order valence-corrected chi connectivity index (χ2v) is 6.12. The number of carbonyl (C=O) groups excluding carboxylic acids is 2. The van der Waals surface area contributed by atoms with Crippen LogP contribution in [0.1, 0.15) is 15.9 Å². The van der Waals surface area contributed by atoms with Crippen molar-refractivity contribution in [2.75, 3.05) is 5.32 Å². The van der Waals surface area contributed by atoms with Crippen molar-refractivity contribution in [3.8, 4) is 5.75 Å². The Morgan fingerprint density at radius 1 is 0.815 bits per heavy atom. The monoisotopic (exact) mass is 360 g/mol. The second-order valence-electron chi connectivity index (χ2n) is 6.12. The Balaban J connectivity index is 1.77. The van der Waals surface area contributed by atoms with Crippen molar-refractivity contribution >= 4 is 17.5 Å². The highest BCUT2D eigenvalue weighted by atomic mass is 16.3. The summed E-state index contributed by atoms with van der Waals surface area (Å²) in [4.78, 5) is 25.3. The fourth-order valence-corrected chi connectivity index (χ4v) is 2.66. The van der Waals surface area contributed by atoms with Crippen LogP contribution in [0.15, 0.2) is 84.9 Å². The molecule has 0 saturated heterocycles. The summed E-state index contributed by atoms with van der Waals surface area (Å²) in [5.74, 6) is -0.516. The van der Waals surface area contributed by atoms with Crippen LogP contribution in [0.2, 0.25) is 0 Å². The molecular weight excluding hydrogens is 340 g/mol. The van der Waals surface area contributed by atoms with Crippen molar-refractivity contribution in [1.29, 1.82) is 0 Å². The van der Waals surface area contributed by atoms with E-state index in [4.69, 9.17) is 0 Å². The van der Waals surface area contributed by atoms with E-state index in [1.54, 1.807) is 36.4 Å². The van der Waals surface area contributed by atoms with Gasteiger partial charge in [0.25, 0.3) is 5.91 Å². The zero-order chi connectivity index (χ0) is 19.1. The molecule has 0 heterocycles. The van der Waals surface area contributed by atoms with E-state index >= 15 is 0 Å². The summed E-state index contributed by atoms with van der Waals surface area (Å²) in [5, 5.41) is 15.0. The highest BCUT2D eigenvalue weighted by Gasteiger charge is 2.22. The van der Waals surface area contributed by atoms with Gasteiger partial charge < -0.3 is 15.7 Å². The van der Waals surface area contributed by atoms with Gasteiger partial charge in [-0.2, -0.15) is 0 Å². The van der Waals surface area contributed by atoms with E-state index in [1.807, 2.05) is 36.4 Å². The van der Waals surface area contributed by atoms with Crippen LogP contribution < -0.4 is 10.6 Å². The Morgan fingerprint density at radius 2 is 1.41 bits per heavy atom. The molecular formula is C22H20N2O3. The molecule has 0 radical (unpaired) electrons. The number of carbonyl (C=O) groups is 2. The van der Waals surface area contributed by atoms with Gasteiger partial charge in [-0.1, -0.05) is 48.5 Å². The summed E-state index contributed by atoms with van der Waals surface area (Å²) >= 11 is 0. The van der Waals surface area contributed by atoms with Crippen LogP contribution in [0.25, 0.3) is 0 Å². The van der Waals surface area contributed by atoms with E-state index < -0.39 is 6.04 Å². The van der Waals surface area contributed by atoms with Gasteiger partial charge in [0.05, 0.1) is 0 Å². The molecule has 0 aliphatic heterocycles. The molecule has 1 unspecified atom stereocenters. The van der Waals surface area contributed by atoms with Gasteiger partial charge in [0, 0.05) is 17.7 Å². The number of hydrogen-bond donors (Lipinski definition) is 3. The smallest absolute Gasteiger partial charge is 0.251 e. The minimum atomic E-state index is -0.742. The minimum Gasteiger partial charge on any atom is -0.508 e. The Hall–Kier alpha value is -3.60. The number of anilines is 1. The van der Waals surface area contributed by atoms with Gasteiger partial charge in [-0.3, -0.25) is 9.59 Å². The average molecular weight is 360 g/mol. The summed E-state index contributed by atoms with van der Waals surface area (Å²) < 4.78 is 0. The largest absolute Gasteiger partial charge is 0.508 e. The first-order valence-electron chi connectivity index (χ1n) is 8.61. The summed E-state index contributed by atoms with van der Waals surface area (Å²) in [5.41, 5.74) is 1.98. The van der Waals surface area contributed by atoms with Crippen LogP contribution in [0.5, 0.6) is 5.75 Å². The molecule has 0 fully saturated rings. The molecule has 0 aliphatic rings. The number of amides is 2. The van der Waals surface area contributed by atoms with Crippen molar-refractivity contribution in [2.24, 2.45) is 0 Å². The average Bonchev–Trinajstić information content (AvgIpc) is 2.70. The van der Waals surface area contributed by atoms with Gasteiger partial charge in [0.2, 0.25) is 5.91 Å². The maximum atomic E-state index is 12.8. The topological polar surface area (TPSA) is 78.4 Å². The summed E-state index contributed by atoms with van der Waals surface area (Å²) in [6, 6.07) is 23.7. The SMILES string of the molecule is O=C(NC(Cc1ccccc1)C(=O)Nc1ccc(O)cc1)c1ccccc1. The molecule has 0 saturated carbocycles. The zero-order valence-electron chi connectivity index (χ0n) is 14.6. The third kappa shape index (κ3) is 5.19. The third-order valence-corrected chi connectivity index (χ3v) is 4.08. The number of phenols is 1. The van der Waals surface area contributed by atoms with Gasteiger partial charge in [0.15, 0.2) is 0 Å². The van der Waals surface area contributed by atoms with Gasteiger partial charge in [-0.05, 0) is 42.0 Å². The fraction of sp³-hybridized carbons (Fsp3) is 0.0909. The molecule has 0 aliphatic carbocycles. The van der Waals surface area contributed by atoms with Crippen molar-refractivity contribution in [2.45, 2.75) is 12.5 Å². The van der Waals surface area contributed by atoms with Crippen LogP contribution in [0.4, 0.5) is 5.69 Å². The number of phenolic OH excluding ortho intramolecular Hbond substituents is 1. The molecule has 3 N–H and O–H groups in total. The van der Waals surface area contributed by atoms with E-state index in [2.05, 4.69) is 10.6 Å². The number of nitrogens with one attached hydrogen (secondary N) is 2. The maximum Gasteiger partial charge on any atom is 0.251 e. The van der Waals surface area contributed by atoms with Crippen molar-refractivity contribution in [3.05, 3.63) is 96.1 Å². The van der Waals surface area contributed by atoms with Crippen LogP contribution in [0.3, 0.4) is 0 Å². The Bertz CT molecular complexity index is 894. The normalized spacial score (nSPS) is 11.4. The lowest BCUT2D eigenvalue weighted by atomic mass is 10.0. The highest BCUT2D eigenvalue weighted by Crippen LogP contribution is 2.15. The standard InChI is InChI=1S/C22H20N2O3/c25-19-13-11-18(12-14-19)23-22(27)20(15-16-7-3-1-4-8-16)24-21(26)17-9-5-2-6-10-17/h1-14,20,25H,15H2,(H,23,27)(H,24,26). The highest BCUT2D eigenvalue weighted by molar-refractivity contribution is 6.01. The summed E-state index contributed by atoms with van der Waals surface area (Å²) in [6.45, 7) is 0. The molecule has 5 heteroatoms. The van der Waals surface area contributed by atoms with E-state index in [-0.39, 0.29) is 17.6 Å². The number of aromatic hydroxyl groups is 1. The molecule has 5 nitrogen and oxygen atoms in total. The van der Waals surface area contributed by atoms with Crippen LogP contribution in [0, 0.1) is 0 Å². The van der Waals surface area contributed by atoms with Crippen molar-refractivity contribution < 1.29 is 14.7 Å². The number of rotatable bonds is 6.